The van der Waals surface area contributed by atoms with E-state index in [4.69, 9.17) is 0 Å². The standard InChI is InChI=1S/C16H13NO3S/c1-12(18)16(21-15-5-3-2-4-6-15)11-13-7-9-14(10-8-13)17(19)20/h2-11H,1H3. The molecule has 2 aromatic rings. The van der Waals surface area contributed by atoms with Crippen molar-refractivity contribution in [2.75, 3.05) is 0 Å². The van der Waals surface area contributed by atoms with Gasteiger partial charge in [-0.1, -0.05) is 30.0 Å². The molecule has 0 saturated heterocycles. The third kappa shape index (κ3) is 4.29. The zero-order valence-electron chi connectivity index (χ0n) is 11.4. The number of thioether (sulfide) groups is 1. The number of ketones is 1. The Morgan fingerprint density at radius 2 is 1.71 bits per heavy atom. The highest BCUT2D eigenvalue weighted by molar-refractivity contribution is 8.04. The highest BCUT2D eigenvalue weighted by Crippen LogP contribution is 2.29. The van der Waals surface area contributed by atoms with E-state index in [0.29, 0.717) is 4.91 Å². The molecular weight excluding hydrogens is 286 g/mol. The number of nitrogens with zero attached hydrogens (tertiary/aromatic N) is 1. The van der Waals surface area contributed by atoms with Gasteiger partial charge in [0.2, 0.25) is 0 Å². The molecule has 4 nitrogen and oxygen atoms in total. The van der Waals surface area contributed by atoms with Gasteiger partial charge < -0.3 is 0 Å². The molecule has 0 spiro atoms. The summed E-state index contributed by atoms with van der Waals surface area (Å²) in [4.78, 5) is 23.5. The van der Waals surface area contributed by atoms with Gasteiger partial charge in [-0.25, -0.2) is 0 Å². The fraction of sp³-hybridized carbons (Fsp3) is 0.0625. The van der Waals surface area contributed by atoms with E-state index in [1.165, 1.54) is 30.8 Å². The first-order valence-corrected chi connectivity index (χ1v) is 7.08. The van der Waals surface area contributed by atoms with Crippen molar-refractivity contribution in [2.24, 2.45) is 0 Å². The number of carbonyl (C=O) groups excluding carboxylic acids is 1. The monoisotopic (exact) mass is 299 g/mol. The molecule has 0 aromatic heterocycles. The lowest BCUT2D eigenvalue weighted by molar-refractivity contribution is -0.384. The highest BCUT2D eigenvalue weighted by Gasteiger charge is 2.08. The Labute approximate surface area is 126 Å². The average Bonchev–Trinajstić information content (AvgIpc) is 2.48. The topological polar surface area (TPSA) is 60.2 Å². The van der Waals surface area contributed by atoms with Crippen molar-refractivity contribution in [3.05, 3.63) is 75.2 Å². The SMILES string of the molecule is CC(=O)C(=Cc1ccc([N+](=O)[O-])cc1)Sc1ccccc1. The first-order valence-electron chi connectivity index (χ1n) is 6.26. The number of hydrogen-bond acceptors (Lipinski definition) is 4. The molecule has 0 atom stereocenters. The van der Waals surface area contributed by atoms with Gasteiger partial charge in [-0.05, 0) is 42.8 Å². The van der Waals surface area contributed by atoms with Gasteiger partial charge in [-0.3, -0.25) is 14.9 Å². The van der Waals surface area contributed by atoms with Crippen molar-refractivity contribution in [2.45, 2.75) is 11.8 Å². The summed E-state index contributed by atoms with van der Waals surface area (Å²) in [5, 5.41) is 10.6. The number of nitro benzene ring substituents is 1. The van der Waals surface area contributed by atoms with E-state index in [1.54, 1.807) is 18.2 Å². The molecule has 0 aliphatic carbocycles. The minimum absolute atomic E-state index is 0.0345. The van der Waals surface area contributed by atoms with Crippen LogP contribution < -0.4 is 0 Å². The molecule has 0 amide bonds. The van der Waals surface area contributed by atoms with Gasteiger partial charge in [0.05, 0.1) is 9.83 Å². The fourth-order valence-corrected chi connectivity index (χ4v) is 2.55. The lowest BCUT2D eigenvalue weighted by Gasteiger charge is -2.04. The number of allylic oxidation sites excluding steroid dienone is 1. The summed E-state index contributed by atoms with van der Waals surface area (Å²) in [6.07, 6.45) is 1.74. The Morgan fingerprint density at radius 3 is 2.24 bits per heavy atom. The van der Waals surface area contributed by atoms with Crippen molar-refractivity contribution >= 4 is 29.3 Å². The van der Waals surface area contributed by atoms with Gasteiger partial charge in [-0.2, -0.15) is 0 Å². The largest absolute Gasteiger partial charge is 0.294 e. The number of hydrogen-bond donors (Lipinski definition) is 0. The van der Waals surface area contributed by atoms with E-state index in [-0.39, 0.29) is 11.5 Å². The minimum atomic E-state index is -0.446. The van der Waals surface area contributed by atoms with Gasteiger partial charge in [0, 0.05) is 17.0 Å². The fourth-order valence-electron chi connectivity index (χ4n) is 1.66. The summed E-state index contributed by atoms with van der Waals surface area (Å²) in [6, 6.07) is 15.7. The summed E-state index contributed by atoms with van der Waals surface area (Å²) in [5.74, 6) is -0.0396. The molecule has 0 aliphatic heterocycles. The predicted molar refractivity (Wildman–Crippen MR) is 84.1 cm³/mol. The zero-order valence-corrected chi connectivity index (χ0v) is 12.2. The van der Waals surface area contributed by atoms with E-state index in [1.807, 2.05) is 30.3 Å². The van der Waals surface area contributed by atoms with Crippen molar-refractivity contribution in [1.29, 1.82) is 0 Å². The van der Waals surface area contributed by atoms with Crippen molar-refractivity contribution in [3.63, 3.8) is 0 Å². The van der Waals surface area contributed by atoms with Crippen molar-refractivity contribution < 1.29 is 9.72 Å². The molecule has 5 heteroatoms. The van der Waals surface area contributed by atoms with Crippen LogP contribution in [0.2, 0.25) is 0 Å². The Balaban J connectivity index is 2.25. The third-order valence-electron chi connectivity index (χ3n) is 2.72. The molecule has 21 heavy (non-hydrogen) atoms. The van der Waals surface area contributed by atoms with Gasteiger partial charge >= 0.3 is 0 Å². The van der Waals surface area contributed by atoms with Crippen molar-refractivity contribution in [1.82, 2.24) is 0 Å². The normalized spacial score (nSPS) is 11.2. The van der Waals surface area contributed by atoms with E-state index < -0.39 is 4.92 Å². The molecule has 2 rings (SSSR count). The average molecular weight is 299 g/mol. The number of Topliss-reactive ketones (excluding diaryl/α,β-unsaturated/α-hetero) is 1. The Bertz CT molecular complexity index is 678. The second-order valence-electron chi connectivity index (χ2n) is 4.33. The quantitative estimate of drug-likeness (QED) is 0.357. The Morgan fingerprint density at radius 1 is 1.10 bits per heavy atom. The minimum Gasteiger partial charge on any atom is -0.294 e. The molecule has 0 fully saturated rings. The maximum Gasteiger partial charge on any atom is 0.269 e. The lowest BCUT2D eigenvalue weighted by atomic mass is 10.2. The van der Waals surface area contributed by atoms with Gasteiger partial charge in [-0.15, -0.1) is 0 Å². The van der Waals surface area contributed by atoms with Crippen LogP contribution in [0, 0.1) is 10.1 Å². The Kier molecular flexibility index (Phi) is 4.90. The van der Waals surface area contributed by atoms with Gasteiger partial charge in [0.15, 0.2) is 5.78 Å². The number of non-ortho nitro benzene ring substituents is 1. The number of benzene rings is 2. The van der Waals surface area contributed by atoms with E-state index in [2.05, 4.69) is 0 Å². The molecule has 0 aliphatic rings. The molecule has 0 heterocycles. The molecule has 0 unspecified atom stereocenters. The first-order chi connectivity index (χ1) is 10.1. The predicted octanol–water partition coefficient (Wildman–Crippen LogP) is 4.32. The summed E-state index contributed by atoms with van der Waals surface area (Å²) < 4.78 is 0. The van der Waals surface area contributed by atoms with Crippen LogP contribution in [-0.4, -0.2) is 10.7 Å². The number of rotatable bonds is 5. The zero-order chi connectivity index (χ0) is 15.2. The third-order valence-corrected chi connectivity index (χ3v) is 3.85. The highest BCUT2D eigenvalue weighted by atomic mass is 32.2. The molecule has 106 valence electrons. The Hall–Kier alpha value is -2.40. The molecule has 0 bridgehead atoms. The van der Waals surface area contributed by atoms with Crippen LogP contribution in [0.3, 0.4) is 0 Å². The maximum absolute atomic E-state index is 11.7. The van der Waals surface area contributed by atoms with E-state index >= 15 is 0 Å². The van der Waals surface area contributed by atoms with Crippen molar-refractivity contribution in [3.8, 4) is 0 Å². The van der Waals surface area contributed by atoms with Crippen LogP contribution in [0.5, 0.6) is 0 Å². The second-order valence-corrected chi connectivity index (χ2v) is 5.44. The lowest BCUT2D eigenvalue weighted by Crippen LogP contribution is -1.92. The molecule has 2 aromatic carbocycles. The number of nitro groups is 1. The molecular formula is C16H13NO3S. The second kappa shape index (κ2) is 6.85. The summed E-state index contributed by atoms with van der Waals surface area (Å²) in [7, 11) is 0. The van der Waals surface area contributed by atoms with Gasteiger partial charge in [0.25, 0.3) is 5.69 Å². The van der Waals surface area contributed by atoms with Crippen LogP contribution >= 0.6 is 11.8 Å². The maximum atomic E-state index is 11.7. The smallest absolute Gasteiger partial charge is 0.269 e. The summed E-state index contributed by atoms with van der Waals surface area (Å²) in [6.45, 7) is 1.51. The number of carbonyl (C=O) groups is 1. The van der Waals surface area contributed by atoms with E-state index in [0.717, 1.165) is 10.5 Å². The summed E-state index contributed by atoms with van der Waals surface area (Å²) >= 11 is 1.38. The van der Waals surface area contributed by atoms with Crippen LogP contribution in [-0.2, 0) is 4.79 Å². The first kappa shape index (κ1) is 15.0. The van der Waals surface area contributed by atoms with Crippen LogP contribution in [0.1, 0.15) is 12.5 Å². The van der Waals surface area contributed by atoms with Crippen LogP contribution in [0.15, 0.2) is 64.4 Å². The molecule has 0 N–H and O–H groups in total. The van der Waals surface area contributed by atoms with Crippen LogP contribution in [0.4, 0.5) is 5.69 Å². The molecule has 0 radical (unpaired) electrons. The van der Waals surface area contributed by atoms with Crippen LogP contribution in [0.25, 0.3) is 6.08 Å². The molecule has 0 saturated carbocycles. The summed E-state index contributed by atoms with van der Waals surface area (Å²) in [5.41, 5.74) is 0.793. The van der Waals surface area contributed by atoms with Gasteiger partial charge in [0.1, 0.15) is 0 Å². The van der Waals surface area contributed by atoms with E-state index in [9.17, 15) is 14.9 Å².